The van der Waals surface area contributed by atoms with Gasteiger partial charge in [0.2, 0.25) is 0 Å². The molecule has 0 spiro atoms. The first-order valence-corrected chi connectivity index (χ1v) is 7.81. The number of nitrogens with zero attached hydrogens (tertiary/aromatic N) is 1. The van der Waals surface area contributed by atoms with Gasteiger partial charge in [-0.2, -0.15) is 0 Å². The lowest BCUT2D eigenvalue weighted by Crippen LogP contribution is -2.35. The van der Waals surface area contributed by atoms with Gasteiger partial charge in [-0.3, -0.25) is 4.79 Å². The first-order chi connectivity index (χ1) is 9.58. The SMILES string of the molecule is COCCN(CCBr)C(=O)c1cccc(OC(C)C)c1. The Balaban J connectivity index is 2.82. The van der Waals surface area contributed by atoms with Crippen LogP contribution in [0.5, 0.6) is 5.75 Å². The van der Waals surface area contributed by atoms with Crippen molar-refractivity contribution in [1.82, 2.24) is 4.90 Å². The van der Waals surface area contributed by atoms with Crippen LogP contribution in [0.2, 0.25) is 0 Å². The Bertz CT molecular complexity index is 423. The first kappa shape index (κ1) is 17.0. The minimum atomic E-state index is -0.00398. The summed E-state index contributed by atoms with van der Waals surface area (Å²) in [7, 11) is 1.63. The molecule has 0 aliphatic rings. The Hall–Kier alpha value is -1.07. The van der Waals surface area contributed by atoms with E-state index in [0.717, 1.165) is 11.1 Å². The van der Waals surface area contributed by atoms with E-state index in [1.165, 1.54) is 0 Å². The standard InChI is InChI=1S/C15H22BrNO3/c1-12(2)20-14-6-4-5-13(11-14)15(18)17(8-7-16)9-10-19-3/h4-6,11-12H,7-10H2,1-3H3. The van der Waals surface area contributed by atoms with E-state index in [-0.39, 0.29) is 12.0 Å². The number of carbonyl (C=O) groups excluding carboxylic acids is 1. The fourth-order valence-electron chi connectivity index (χ4n) is 1.78. The predicted octanol–water partition coefficient (Wildman–Crippen LogP) is 2.96. The summed E-state index contributed by atoms with van der Waals surface area (Å²) in [6, 6.07) is 7.30. The highest BCUT2D eigenvalue weighted by Gasteiger charge is 2.15. The molecular weight excluding hydrogens is 322 g/mol. The topological polar surface area (TPSA) is 38.8 Å². The second-order valence-corrected chi connectivity index (χ2v) is 5.46. The number of hydrogen-bond donors (Lipinski definition) is 0. The van der Waals surface area contributed by atoms with E-state index in [1.807, 2.05) is 32.0 Å². The molecular formula is C15H22BrNO3. The molecule has 0 aliphatic heterocycles. The molecule has 0 atom stereocenters. The molecule has 0 aromatic heterocycles. The average Bonchev–Trinajstić information content (AvgIpc) is 2.42. The zero-order valence-corrected chi connectivity index (χ0v) is 13.9. The van der Waals surface area contributed by atoms with Gasteiger partial charge in [0.05, 0.1) is 12.7 Å². The zero-order valence-electron chi connectivity index (χ0n) is 12.3. The van der Waals surface area contributed by atoms with E-state index in [4.69, 9.17) is 9.47 Å². The summed E-state index contributed by atoms with van der Waals surface area (Å²) in [5.74, 6) is 0.715. The van der Waals surface area contributed by atoms with Gasteiger partial charge in [0.15, 0.2) is 0 Å². The van der Waals surface area contributed by atoms with Gasteiger partial charge >= 0.3 is 0 Å². The van der Waals surface area contributed by atoms with Gasteiger partial charge < -0.3 is 14.4 Å². The van der Waals surface area contributed by atoms with Gasteiger partial charge in [-0.25, -0.2) is 0 Å². The monoisotopic (exact) mass is 343 g/mol. The molecule has 1 aromatic rings. The molecule has 0 radical (unpaired) electrons. The molecule has 0 saturated carbocycles. The predicted molar refractivity (Wildman–Crippen MR) is 83.8 cm³/mol. The normalized spacial score (nSPS) is 10.7. The lowest BCUT2D eigenvalue weighted by atomic mass is 10.2. The van der Waals surface area contributed by atoms with Gasteiger partial charge in [-0.05, 0) is 32.0 Å². The fraction of sp³-hybridized carbons (Fsp3) is 0.533. The van der Waals surface area contributed by atoms with Crippen molar-refractivity contribution in [3.63, 3.8) is 0 Å². The molecule has 0 aliphatic carbocycles. The Kier molecular flexibility index (Phi) is 7.62. The second-order valence-electron chi connectivity index (χ2n) is 4.67. The molecule has 20 heavy (non-hydrogen) atoms. The molecule has 0 fully saturated rings. The molecule has 112 valence electrons. The highest BCUT2D eigenvalue weighted by Crippen LogP contribution is 2.16. The molecule has 0 unspecified atom stereocenters. The third-order valence-corrected chi connectivity index (χ3v) is 3.01. The number of rotatable bonds is 8. The summed E-state index contributed by atoms with van der Waals surface area (Å²) in [5.41, 5.74) is 0.639. The number of benzene rings is 1. The van der Waals surface area contributed by atoms with E-state index in [1.54, 1.807) is 18.1 Å². The summed E-state index contributed by atoms with van der Waals surface area (Å²) < 4.78 is 10.7. The lowest BCUT2D eigenvalue weighted by molar-refractivity contribution is 0.0708. The fourth-order valence-corrected chi connectivity index (χ4v) is 2.20. The summed E-state index contributed by atoms with van der Waals surface area (Å²) >= 11 is 3.37. The minimum absolute atomic E-state index is 0.00398. The summed E-state index contributed by atoms with van der Waals surface area (Å²) in [6.07, 6.45) is 0.0903. The van der Waals surface area contributed by atoms with Crippen LogP contribution in [0.4, 0.5) is 0 Å². The largest absolute Gasteiger partial charge is 0.491 e. The Labute approximate surface area is 129 Å². The molecule has 4 nitrogen and oxygen atoms in total. The third kappa shape index (κ3) is 5.51. The Morgan fingerprint density at radius 1 is 1.35 bits per heavy atom. The van der Waals surface area contributed by atoms with E-state index >= 15 is 0 Å². The van der Waals surface area contributed by atoms with Gasteiger partial charge in [0.1, 0.15) is 5.75 Å². The number of carbonyl (C=O) groups is 1. The molecule has 0 N–H and O–H groups in total. The summed E-state index contributed by atoms with van der Waals surface area (Å²) in [4.78, 5) is 14.2. The summed E-state index contributed by atoms with van der Waals surface area (Å²) in [6.45, 7) is 5.68. The molecule has 0 bridgehead atoms. The van der Waals surface area contributed by atoms with Crippen molar-refractivity contribution in [2.45, 2.75) is 20.0 Å². The lowest BCUT2D eigenvalue weighted by Gasteiger charge is -2.21. The van der Waals surface area contributed by atoms with Crippen LogP contribution in [0.15, 0.2) is 24.3 Å². The van der Waals surface area contributed by atoms with E-state index in [0.29, 0.717) is 25.3 Å². The molecule has 1 aromatic carbocycles. The Morgan fingerprint density at radius 3 is 2.70 bits per heavy atom. The van der Waals surface area contributed by atoms with Crippen LogP contribution in [0, 0.1) is 0 Å². The first-order valence-electron chi connectivity index (χ1n) is 6.69. The second kappa shape index (κ2) is 8.97. The highest BCUT2D eigenvalue weighted by atomic mass is 79.9. The molecule has 5 heteroatoms. The number of halogens is 1. The van der Waals surface area contributed by atoms with Crippen LogP contribution in [0.25, 0.3) is 0 Å². The molecule has 1 amide bonds. The van der Waals surface area contributed by atoms with Crippen molar-refractivity contribution < 1.29 is 14.3 Å². The number of hydrogen-bond acceptors (Lipinski definition) is 3. The van der Waals surface area contributed by atoms with E-state index < -0.39 is 0 Å². The van der Waals surface area contributed by atoms with Crippen molar-refractivity contribution >= 4 is 21.8 Å². The van der Waals surface area contributed by atoms with Crippen LogP contribution < -0.4 is 4.74 Å². The maximum Gasteiger partial charge on any atom is 0.254 e. The molecule has 0 heterocycles. The van der Waals surface area contributed by atoms with Crippen molar-refractivity contribution in [1.29, 1.82) is 0 Å². The number of methoxy groups -OCH3 is 1. The summed E-state index contributed by atoms with van der Waals surface area (Å²) in [5, 5.41) is 0.741. The van der Waals surface area contributed by atoms with Crippen molar-refractivity contribution in [2.24, 2.45) is 0 Å². The van der Waals surface area contributed by atoms with Gasteiger partial charge in [-0.15, -0.1) is 0 Å². The zero-order chi connectivity index (χ0) is 15.0. The van der Waals surface area contributed by atoms with Crippen LogP contribution in [-0.2, 0) is 4.74 Å². The Morgan fingerprint density at radius 2 is 2.10 bits per heavy atom. The van der Waals surface area contributed by atoms with Crippen LogP contribution in [-0.4, -0.2) is 49.0 Å². The minimum Gasteiger partial charge on any atom is -0.491 e. The number of amides is 1. The quantitative estimate of drug-likeness (QED) is 0.681. The van der Waals surface area contributed by atoms with Gasteiger partial charge in [0, 0.05) is 31.1 Å². The van der Waals surface area contributed by atoms with E-state index in [2.05, 4.69) is 15.9 Å². The maximum atomic E-state index is 12.5. The van der Waals surface area contributed by atoms with Crippen molar-refractivity contribution in [3.05, 3.63) is 29.8 Å². The average molecular weight is 344 g/mol. The highest BCUT2D eigenvalue weighted by molar-refractivity contribution is 9.09. The van der Waals surface area contributed by atoms with Gasteiger partial charge in [-0.1, -0.05) is 22.0 Å². The maximum absolute atomic E-state index is 12.5. The third-order valence-electron chi connectivity index (χ3n) is 2.66. The van der Waals surface area contributed by atoms with Crippen molar-refractivity contribution in [3.8, 4) is 5.75 Å². The van der Waals surface area contributed by atoms with Gasteiger partial charge in [0.25, 0.3) is 5.91 Å². The molecule has 0 saturated heterocycles. The van der Waals surface area contributed by atoms with Crippen LogP contribution in [0.1, 0.15) is 24.2 Å². The van der Waals surface area contributed by atoms with Crippen molar-refractivity contribution in [2.75, 3.05) is 32.1 Å². The van der Waals surface area contributed by atoms with Crippen LogP contribution in [0.3, 0.4) is 0 Å². The smallest absolute Gasteiger partial charge is 0.254 e. The van der Waals surface area contributed by atoms with E-state index in [9.17, 15) is 4.79 Å². The van der Waals surface area contributed by atoms with Crippen LogP contribution >= 0.6 is 15.9 Å². The number of alkyl halides is 1. The number of ether oxygens (including phenoxy) is 2. The molecule has 1 rings (SSSR count).